The molecule has 2 atom stereocenters. The fourth-order valence-corrected chi connectivity index (χ4v) is 4.15. The van der Waals surface area contributed by atoms with E-state index in [0.29, 0.717) is 30.4 Å². The summed E-state index contributed by atoms with van der Waals surface area (Å²) in [6.45, 7) is 0.991. The normalized spacial score (nSPS) is 12.4. The summed E-state index contributed by atoms with van der Waals surface area (Å²) >= 11 is 0. The van der Waals surface area contributed by atoms with Crippen LogP contribution in [0.25, 0.3) is 0 Å². The molecule has 0 aliphatic carbocycles. The molecule has 4 aromatic rings. The average molecular weight is 514 g/mol. The highest BCUT2D eigenvalue weighted by atomic mass is 16.5. The predicted octanol–water partition coefficient (Wildman–Crippen LogP) is 5.60. The lowest BCUT2D eigenvalue weighted by Gasteiger charge is -2.23. The maximum atomic E-state index is 10.7. The number of aliphatic hydroxyl groups excluding tert-OH is 1. The van der Waals surface area contributed by atoms with Crippen LogP contribution in [0.2, 0.25) is 0 Å². The molecule has 0 aromatic heterocycles. The topological polar surface area (TPSA) is 69.2 Å². The van der Waals surface area contributed by atoms with E-state index in [4.69, 9.17) is 18.9 Å². The zero-order valence-electron chi connectivity index (χ0n) is 21.9. The number of hydrogen-bond donors (Lipinski definition) is 2. The van der Waals surface area contributed by atoms with Crippen LogP contribution in [0.1, 0.15) is 22.7 Å². The summed E-state index contributed by atoms with van der Waals surface area (Å²) in [4.78, 5) is 0. The van der Waals surface area contributed by atoms with Gasteiger partial charge in [0.1, 0.15) is 30.8 Å². The number of aliphatic hydroxyl groups is 1. The molecule has 198 valence electrons. The third-order valence-corrected chi connectivity index (χ3v) is 6.19. The van der Waals surface area contributed by atoms with Crippen LogP contribution in [0.5, 0.6) is 23.0 Å². The van der Waals surface area contributed by atoms with Gasteiger partial charge in [-0.05, 0) is 47.4 Å². The van der Waals surface area contributed by atoms with Gasteiger partial charge in [-0.25, -0.2) is 0 Å². The Bertz CT molecular complexity index is 1250. The first kappa shape index (κ1) is 27.0. The van der Waals surface area contributed by atoms with Crippen molar-refractivity contribution < 1.29 is 24.1 Å². The number of ether oxygens (including phenoxy) is 4. The van der Waals surface area contributed by atoms with Crippen molar-refractivity contribution in [3.05, 3.63) is 120 Å². The number of methoxy groups -OCH3 is 2. The zero-order valence-corrected chi connectivity index (χ0v) is 21.9. The van der Waals surface area contributed by atoms with E-state index >= 15 is 0 Å². The number of hydrogen-bond acceptors (Lipinski definition) is 6. The Kier molecular flexibility index (Phi) is 10.0. The van der Waals surface area contributed by atoms with Crippen LogP contribution in [0.3, 0.4) is 0 Å². The highest BCUT2D eigenvalue weighted by Gasteiger charge is 2.17. The van der Waals surface area contributed by atoms with Crippen LogP contribution >= 0.6 is 0 Å². The molecule has 1 unspecified atom stereocenters. The molecule has 0 bridgehead atoms. The lowest BCUT2D eigenvalue weighted by atomic mass is 9.98. The second-order valence-corrected chi connectivity index (χ2v) is 8.98. The monoisotopic (exact) mass is 513 g/mol. The molecule has 38 heavy (non-hydrogen) atoms. The van der Waals surface area contributed by atoms with E-state index in [1.165, 1.54) is 5.56 Å². The first-order valence-corrected chi connectivity index (χ1v) is 12.7. The van der Waals surface area contributed by atoms with E-state index in [1.807, 2.05) is 91.0 Å². The highest BCUT2D eigenvalue weighted by Crippen LogP contribution is 2.31. The van der Waals surface area contributed by atoms with E-state index in [0.717, 1.165) is 23.3 Å². The van der Waals surface area contributed by atoms with E-state index < -0.39 is 6.10 Å². The van der Waals surface area contributed by atoms with Crippen LogP contribution in [0, 0.1) is 0 Å². The van der Waals surface area contributed by atoms with Gasteiger partial charge in [0.15, 0.2) is 11.5 Å². The molecule has 6 nitrogen and oxygen atoms in total. The minimum atomic E-state index is -0.706. The SMILES string of the molecule is COc1ccc(C(Cc2ccccc2)NC[C@H](O)COc2cccc(OCc3ccccc3)c2)cc1OC. The van der Waals surface area contributed by atoms with Crippen LogP contribution < -0.4 is 24.3 Å². The quantitative estimate of drug-likeness (QED) is 0.229. The van der Waals surface area contributed by atoms with Crippen LogP contribution in [0.4, 0.5) is 0 Å². The van der Waals surface area contributed by atoms with Crippen molar-refractivity contribution >= 4 is 0 Å². The zero-order chi connectivity index (χ0) is 26.6. The van der Waals surface area contributed by atoms with E-state index in [9.17, 15) is 5.11 Å². The highest BCUT2D eigenvalue weighted by molar-refractivity contribution is 5.44. The predicted molar refractivity (Wildman–Crippen MR) is 149 cm³/mol. The molecule has 0 spiro atoms. The largest absolute Gasteiger partial charge is 0.493 e. The Morgan fingerprint density at radius 2 is 1.34 bits per heavy atom. The summed E-state index contributed by atoms with van der Waals surface area (Å²) in [6.07, 6.45) is 0.0485. The van der Waals surface area contributed by atoms with Gasteiger partial charge in [-0.2, -0.15) is 0 Å². The van der Waals surface area contributed by atoms with Crippen molar-refractivity contribution in [1.82, 2.24) is 5.32 Å². The second-order valence-electron chi connectivity index (χ2n) is 8.98. The van der Waals surface area contributed by atoms with Crippen LogP contribution in [0.15, 0.2) is 103 Å². The third kappa shape index (κ3) is 8.00. The summed E-state index contributed by atoms with van der Waals surface area (Å²) in [5.41, 5.74) is 3.33. The maximum Gasteiger partial charge on any atom is 0.161 e. The summed E-state index contributed by atoms with van der Waals surface area (Å²) in [7, 11) is 3.25. The summed E-state index contributed by atoms with van der Waals surface area (Å²) < 4.78 is 22.7. The van der Waals surface area contributed by atoms with Crippen molar-refractivity contribution in [3.8, 4) is 23.0 Å². The third-order valence-electron chi connectivity index (χ3n) is 6.19. The number of nitrogens with one attached hydrogen (secondary N) is 1. The molecule has 4 aromatic carbocycles. The summed E-state index contributed by atoms with van der Waals surface area (Å²) in [5, 5.41) is 14.2. The van der Waals surface area contributed by atoms with Gasteiger partial charge in [0.2, 0.25) is 0 Å². The maximum absolute atomic E-state index is 10.7. The lowest BCUT2D eigenvalue weighted by molar-refractivity contribution is 0.103. The van der Waals surface area contributed by atoms with Gasteiger partial charge < -0.3 is 29.4 Å². The first-order chi connectivity index (χ1) is 18.6. The molecule has 2 N–H and O–H groups in total. The van der Waals surface area contributed by atoms with Crippen LogP contribution in [-0.2, 0) is 13.0 Å². The Morgan fingerprint density at radius 3 is 2.03 bits per heavy atom. The van der Waals surface area contributed by atoms with Gasteiger partial charge in [-0.15, -0.1) is 0 Å². The standard InChI is InChI=1S/C32H35NO5/c1-35-31-17-16-26(19-32(31)36-2)30(18-24-10-5-3-6-11-24)33-21-27(34)23-38-29-15-9-14-28(20-29)37-22-25-12-7-4-8-13-25/h3-17,19-20,27,30,33-34H,18,21-23H2,1-2H3/t27-,30?/m0/s1. The van der Waals surface area contributed by atoms with Gasteiger partial charge in [0.05, 0.1) is 14.2 Å². The first-order valence-electron chi connectivity index (χ1n) is 12.7. The minimum Gasteiger partial charge on any atom is -0.493 e. The molecule has 0 heterocycles. The fraction of sp³-hybridized carbons (Fsp3) is 0.250. The van der Waals surface area contributed by atoms with Gasteiger partial charge in [-0.3, -0.25) is 0 Å². The molecule has 0 aliphatic rings. The molecular formula is C32H35NO5. The van der Waals surface area contributed by atoms with Crippen molar-refractivity contribution in [2.75, 3.05) is 27.4 Å². The van der Waals surface area contributed by atoms with Crippen molar-refractivity contribution in [3.63, 3.8) is 0 Å². The Labute approximate surface area is 224 Å². The molecule has 0 saturated heterocycles. The van der Waals surface area contributed by atoms with Gasteiger partial charge in [0.25, 0.3) is 0 Å². The summed E-state index contributed by atoms with van der Waals surface area (Å²) in [6, 6.07) is 33.6. The number of benzene rings is 4. The molecule has 0 fully saturated rings. The summed E-state index contributed by atoms with van der Waals surface area (Å²) in [5.74, 6) is 2.71. The minimum absolute atomic E-state index is 0.0402. The number of rotatable bonds is 14. The lowest BCUT2D eigenvalue weighted by Crippen LogP contribution is -2.34. The second kappa shape index (κ2) is 14.1. The smallest absolute Gasteiger partial charge is 0.161 e. The Balaban J connectivity index is 1.34. The Hall–Kier alpha value is -4.00. The van der Waals surface area contributed by atoms with E-state index in [1.54, 1.807) is 14.2 Å². The molecular weight excluding hydrogens is 478 g/mol. The molecule has 0 radical (unpaired) electrons. The molecule has 4 rings (SSSR count). The molecule has 0 saturated carbocycles. The van der Waals surface area contributed by atoms with Crippen LogP contribution in [-0.4, -0.2) is 38.6 Å². The fourth-order valence-electron chi connectivity index (χ4n) is 4.15. The van der Waals surface area contributed by atoms with E-state index in [2.05, 4.69) is 17.4 Å². The van der Waals surface area contributed by atoms with E-state index in [-0.39, 0.29) is 12.6 Å². The Morgan fingerprint density at radius 1 is 0.684 bits per heavy atom. The molecule has 6 heteroatoms. The molecule has 0 amide bonds. The average Bonchev–Trinajstić information content (AvgIpc) is 2.98. The van der Waals surface area contributed by atoms with Crippen molar-refractivity contribution in [2.24, 2.45) is 0 Å². The van der Waals surface area contributed by atoms with Gasteiger partial charge in [0, 0.05) is 18.7 Å². The van der Waals surface area contributed by atoms with Crippen molar-refractivity contribution in [2.45, 2.75) is 25.2 Å². The van der Waals surface area contributed by atoms with Gasteiger partial charge >= 0.3 is 0 Å². The molecule has 0 aliphatic heterocycles. The van der Waals surface area contributed by atoms with Crippen molar-refractivity contribution in [1.29, 1.82) is 0 Å². The van der Waals surface area contributed by atoms with Gasteiger partial charge in [-0.1, -0.05) is 72.8 Å².